The minimum Gasteiger partial charge on any atom is -0.454 e. The van der Waals surface area contributed by atoms with Gasteiger partial charge in [0.2, 0.25) is 12.7 Å². The van der Waals surface area contributed by atoms with Gasteiger partial charge in [0.05, 0.1) is 17.8 Å². The van der Waals surface area contributed by atoms with Gasteiger partial charge in [-0.25, -0.2) is 9.67 Å². The summed E-state index contributed by atoms with van der Waals surface area (Å²) in [6.07, 6.45) is 1.56. The summed E-state index contributed by atoms with van der Waals surface area (Å²) in [5, 5.41) is 18.7. The molecule has 160 valence electrons. The van der Waals surface area contributed by atoms with E-state index in [-0.39, 0.29) is 25.0 Å². The van der Waals surface area contributed by atoms with Gasteiger partial charge >= 0.3 is 0 Å². The lowest BCUT2D eigenvalue weighted by Crippen LogP contribution is -2.15. The van der Waals surface area contributed by atoms with E-state index in [0.717, 1.165) is 5.69 Å². The molecule has 0 bridgehead atoms. The highest BCUT2D eigenvalue weighted by molar-refractivity contribution is 7.14. The van der Waals surface area contributed by atoms with Crippen molar-refractivity contribution in [3.8, 4) is 17.2 Å². The zero-order valence-electron chi connectivity index (χ0n) is 16.4. The Kier molecular flexibility index (Phi) is 5.17. The first-order chi connectivity index (χ1) is 15.6. The number of carbonyl (C=O) groups excluding carboxylic acids is 2. The van der Waals surface area contributed by atoms with Gasteiger partial charge in [-0.05, 0) is 52.9 Å². The molecule has 0 spiro atoms. The molecule has 2 aromatic carbocycles. The summed E-state index contributed by atoms with van der Waals surface area (Å²) >= 11 is 1.25. The van der Waals surface area contributed by atoms with Crippen LogP contribution < -0.4 is 20.1 Å². The van der Waals surface area contributed by atoms with Crippen LogP contribution in [0.25, 0.3) is 5.69 Å². The van der Waals surface area contributed by atoms with E-state index in [1.807, 2.05) is 0 Å². The van der Waals surface area contributed by atoms with Crippen molar-refractivity contribution >= 4 is 34.0 Å². The summed E-state index contributed by atoms with van der Waals surface area (Å²) in [6, 6.07) is 12.0. The highest BCUT2D eigenvalue weighted by Gasteiger charge is 2.17. The van der Waals surface area contributed by atoms with Crippen molar-refractivity contribution in [3.05, 3.63) is 65.4 Å². The van der Waals surface area contributed by atoms with E-state index in [1.165, 1.54) is 22.3 Å². The number of fused-ring (bicyclic) bond motifs is 1. The van der Waals surface area contributed by atoms with E-state index in [4.69, 9.17) is 9.47 Å². The van der Waals surface area contributed by atoms with Crippen LogP contribution in [0.2, 0.25) is 0 Å². The van der Waals surface area contributed by atoms with Crippen molar-refractivity contribution in [1.29, 1.82) is 0 Å². The van der Waals surface area contributed by atoms with Gasteiger partial charge < -0.3 is 14.8 Å². The Morgan fingerprint density at radius 2 is 1.91 bits per heavy atom. The molecular formula is C20H15N7O4S. The summed E-state index contributed by atoms with van der Waals surface area (Å²) in [7, 11) is 0. The SMILES string of the molecule is O=C(Cc1csc(NC(=O)c2ccc3c(c2)OCO3)n1)Nc1ccc(-n2cnnn2)cc1. The highest BCUT2D eigenvalue weighted by Crippen LogP contribution is 2.32. The van der Waals surface area contributed by atoms with Crippen LogP contribution in [0.1, 0.15) is 16.1 Å². The fourth-order valence-corrected chi connectivity index (χ4v) is 3.70. The maximum absolute atomic E-state index is 12.5. The molecule has 0 radical (unpaired) electrons. The molecule has 1 aliphatic rings. The molecule has 32 heavy (non-hydrogen) atoms. The fourth-order valence-electron chi connectivity index (χ4n) is 3.00. The van der Waals surface area contributed by atoms with E-state index in [2.05, 4.69) is 31.1 Å². The van der Waals surface area contributed by atoms with E-state index in [0.29, 0.717) is 33.6 Å². The van der Waals surface area contributed by atoms with E-state index >= 15 is 0 Å². The second-order valence-corrected chi connectivity index (χ2v) is 7.55. The molecule has 2 N–H and O–H groups in total. The predicted octanol–water partition coefficient (Wildman–Crippen LogP) is 2.28. The lowest BCUT2D eigenvalue weighted by molar-refractivity contribution is -0.115. The van der Waals surface area contributed by atoms with Crippen LogP contribution >= 0.6 is 11.3 Å². The minimum atomic E-state index is -0.323. The lowest BCUT2D eigenvalue weighted by Gasteiger charge is -2.05. The molecule has 1 aliphatic heterocycles. The number of ether oxygens (including phenoxy) is 2. The smallest absolute Gasteiger partial charge is 0.257 e. The zero-order chi connectivity index (χ0) is 21.9. The molecule has 0 fully saturated rings. The van der Waals surface area contributed by atoms with E-state index in [9.17, 15) is 9.59 Å². The van der Waals surface area contributed by atoms with Crippen molar-refractivity contribution in [2.45, 2.75) is 6.42 Å². The number of amides is 2. The quantitative estimate of drug-likeness (QED) is 0.458. The highest BCUT2D eigenvalue weighted by atomic mass is 32.1. The molecule has 2 aromatic heterocycles. The molecule has 4 aromatic rings. The first-order valence-corrected chi connectivity index (χ1v) is 10.3. The van der Waals surface area contributed by atoms with Crippen LogP contribution in [0.15, 0.2) is 54.2 Å². The number of benzene rings is 2. The van der Waals surface area contributed by atoms with Crippen molar-refractivity contribution < 1.29 is 19.1 Å². The predicted molar refractivity (Wildman–Crippen MR) is 114 cm³/mol. The summed E-state index contributed by atoms with van der Waals surface area (Å²) < 4.78 is 12.1. The first kappa shape index (κ1) is 19.6. The molecule has 2 amide bonds. The van der Waals surface area contributed by atoms with Gasteiger partial charge in [-0.15, -0.1) is 16.4 Å². The number of hydrogen-bond donors (Lipinski definition) is 2. The van der Waals surface area contributed by atoms with E-state index < -0.39 is 0 Å². The van der Waals surface area contributed by atoms with Crippen LogP contribution in [0.4, 0.5) is 10.8 Å². The van der Waals surface area contributed by atoms with Gasteiger partial charge in [-0.3, -0.25) is 14.9 Å². The number of rotatable bonds is 6. The third-order valence-corrected chi connectivity index (χ3v) is 5.32. The molecule has 0 saturated heterocycles. The number of nitrogens with zero attached hydrogens (tertiary/aromatic N) is 5. The van der Waals surface area contributed by atoms with Gasteiger partial charge in [-0.2, -0.15) is 0 Å². The minimum absolute atomic E-state index is 0.0745. The Hall–Kier alpha value is -4.32. The molecule has 0 unspecified atom stereocenters. The molecule has 3 heterocycles. The maximum atomic E-state index is 12.5. The van der Waals surface area contributed by atoms with Crippen LogP contribution in [0, 0.1) is 0 Å². The van der Waals surface area contributed by atoms with Crippen molar-refractivity contribution in [2.24, 2.45) is 0 Å². The Labute approximate surface area is 185 Å². The molecule has 5 rings (SSSR count). The van der Waals surface area contributed by atoms with Gasteiger partial charge in [-0.1, -0.05) is 0 Å². The topological polar surface area (TPSA) is 133 Å². The number of thiazole rings is 1. The second-order valence-electron chi connectivity index (χ2n) is 6.69. The first-order valence-electron chi connectivity index (χ1n) is 9.43. The summed E-state index contributed by atoms with van der Waals surface area (Å²) in [4.78, 5) is 29.1. The van der Waals surface area contributed by atoms with Gasteiger partial charge in [0.1, 0.15) is 6.33 Å². The summed E-state index contributed by atoms with van der Waals surface area (Å²) in [6.45, 7) is 0.141. The number of hydrogen-bond acceptors (Lipinski definition) is 9. The van der Waals surface area contributed by atoms with Crippen LogP contribution in [0.5, 0.6) is 11.5 Å². The van der Waals surface area contributed by atoms with Crippen molar-refractivity contribution in [2.75, 3.05) is 17.4 Å². The molecule has 0 saturated carbocycles. The van der Waals surface area contributed by atoms with E-state index in [1.54, 1.807) is 47.8 Å². The largest absolute Gasteiger partial charge is 0.454 e. The normalized spacial score (nSPS) is 11.9. The molecule has 0 aliphatic carbocycles. The number of tetrazole rings is 1. The zero-order valence-corrected chi connectivity index (χ0v) is 17.2. The average molecular weight is 449 g/mol. The third kappa shape index (κ3) is 4.25. The van der Waals surface area contributed by atoms with Gasteiger partial charge in [0.15, 0.2) is 16.6 Å². The lowest BCUT2D eigenvalue weighted by atomic mass is 10.2. The standard InChI is InChI=1S/C20H15N7O4S/c28-18(22-13-2-4-15(5-3-13)27-10-21-25-26-27)8-14-9-32-20(23-14)24-19(29)12-1-6-16-17(7-12)31-11-30-16/h1-7,9-10H,8,11H2,(H,22,28)(H,23,24,29). The number of anilines is 2. The fraction of sp³-hybridized carbons (Fsp3) is 0.100. The van der Waals surface area contributed by atoms with Gasteiger partial charge in [0, 0.05) is 16.6 Å². The van der Waals surface area contributed by atoms with Crippen LogP contribution in [0.3, 0.4) is 0 Å². The molecule has 11 nitrogen and oxygen atoms in total. The second kappa shape index (κ2) is 8.43. The van der Waals surface area contributed by atoms with Gasteiger partial charge in [0.25, 0.3) is 5.91 Å². The Morgan fingerprint density at radius 3 is 2.72 bits per heavy atom. The number of aromatic nitrogens is 5. The number of carbonyl (C=O) groups is 2. The molecule has 0 atom stereocenters. The Morgan fingerprint density at radius 1 is 1.06 bits per heavy atom. The summed E-state index contributed by atoms with van der Waals surface area (Å²) in [5.74, 6) is 0.588. The Bertz CT molecular complexity index is 1270. The van der Waals surface area contributed by atoms with Crippen LogP contribution in [-0.4, -0.2) is 43.8 Å². The third-order valence-electron chi connectivity index (χ3n) is 4.51. The van der Waals surface area contributed by atoms with Crippen molar-refractivity contribution in [1.82, 2.24) is 25.2 Å². The van der Waals surface area contributed by atoms with Crippen molar-refractivity contribution in [3.63, 3.8) is 0 Å². The monoisotopic (exact) mass is 449 g/mol. The summed E-state index contributed by atoms with van der Waals surface area (Å²) in [5.41, 5.74) is 2.39. The Balaban J connectivity index is 1.17. The average Bonchev–Trinajstić information content (AvgIpc) is 3.56. The molecule has 12 heteroatoms. The number of nitrogens with one attached hydrogen (secondary N) is 2. The molecular weight excluding hydrogens is 434 g/mol. The maximum Gasteiger partial charge on any atom is 0.257 e. The van der Waals surface area contributed by atoms with Crippen LogP contribution in [-0.2, 0) is 11.2 Å².